The van der Waals surface area contributed by atoms with Gasteiger partial charge >= 0.3 is 6.09 Å². The van der Waals surface area contributed by atoms with E-state index in [1.165, 1.54) is 4.90 Å². The number of nitrogens with zero attached hydrogens (tertiary/aromatic N) is 1. The molecule has 2 aromatic rings. The molecule has 1 heterocycles. The number of para-hydroxylation sites is 1. The van der Waals surface area contributed by atoms with Crippen LogP contribution in [0.4, 0.5) is 10.5 Å². The maximum atomic E-state index is 12.9. The summed E-state index contributed by atoms with van der Waals surface area (Å²) in [6.07, 6.45) is -0.0498. The molecule has 4 nitrogen and oxygen atoms in total. The Hall–Kier alpha value is -2.62. The van der Waals surface area contributed by atoms with Crippen LogP contribution in [0, 0.1) is 0 Å². The molecule has 2 aromatic carbocycles. The van der Waals surface area contributed by atoms with Crippen LogP contribution in [0.25, 0.3) is 0 Å². The zero-order valence-corrected chi connectivity index (χ0v) is 14.2. The Morgan fingerprint density at radius 2 is 1.67 bits per heavy atom. The van der Waals surface area contributed by atoms with Crippen molar-refractivity contribution in [3.8, 4) is 0 Å². The largest absolute Gasteiger partial charge is 0.443 e. The van der Waals surface area contributed by atoms with Crippen LogP contribution in [0.5, 0.6) is 0 Å². The van der Waals surface area contributed by atoms with Crippen molar-refractivity contribution in [3.63, 3.8) is 0 Å². The van der Waals surface area contributed by atoms with Gasteiger partial charge in [0.05, 0.1) is 11.6 Å². The van der Waals surface area contributed by atoms with E-state index < -0.39 is 11.7 Å². The van der Waals surface area contributed by atoms with E-state index in [4.69, 9.17) is 4.74 Å². The van der Waals surface area contributed by atoms with Crippen LogP contribution in [0.2, 0.25) is 0 Å². The molecule has 0 fully saturated rings. The molecule has 0 saturated heterocycles. The van der Waals surface area contributed by atoms with Crippen molar-refractivity contribution in [1.29, 1.82) is 0 Å². The van der Waals surface area contributed by atoms with Gasteiger partial charge in [0.1, 0.15) is 5.60 Å². The molecule has 0 aromatic heterocycles. The van der Waals surface area contributed by atoms with E-state index in [1.807, 2.05) is 48.5 Å². The summed E-state index contributed by atoms with van der Waals surface area (Å²) >= 11 is 0. The molecule has 0 bridgehead atoms. The molecule has 4 heteroatoms. The second kappa shape index (κ2) is 6.11. The Kier molecular flexibility index (Phi) is 4.14. The van der Waals surface area contributed by atoms with Gasteiger partial charge in [-0.1, -0.05) is 48.5 Å². The zero-order valence-electron chi connectivity index (χ0n) is 14.2. The minimum Gasteiger partial charge on any atom is -0.443 e. The molecule has 3 rings (SSSR count). The van der Waals surface area contributed by atoms with Crippen molar-refractivity contribution >= 4 is 17.7 Å². The van der Waals surface area contributed by atoms with Gasteiger partial charge in [0.2, 0.25) is 5.91 Å². The van der Waals surface area contributed by atoms with E-state index >= 15 is 0 Å². The number of anilines is 1. The predicted molar refractivity (Wildman–Crippen MR) is 93.0 cm³/mol. The van der Waals surface area contributed by atoms with Gasteiger partial charge in [0, 0.05) is 0 Å². The fraction of sp³-hybridized carbons (Fsp3) is 0.300. The third kappa shape index (κ3) is 3.18. The van der Waals surface area contributed by atoms with Crippen molar-refractivity contribution in [3.05, 3.63) is 65.7 Å². The monoisotopic (exact) mass is 323 g/mol. The maximum absolute atomic E-state index is 12.9. The number of rotatable bonds is 2. The SMILES string of the molecule is CC(C)(C)OC(=O)N1C(=O)C(Cc2ccccc2)c2ccccc21. The number of ether oxygens (including phenoxy) is 1. The molecular weight excluding hydrogens is 302 g/mol. The molecule has 24 heavy (non-hydrogen) atoms. The number of hydrogen-bond donors (Lipinski definition) is 0. The summed E-state index contributed by atoms with van der Waals surface area (Å²) in [5.41, 5.74) is 1.91. The summed E-state index contributed by atoms with van der Waals surface area (Å²) in [5.74, 6) is -0.592. The van der Waals surface area contributed by atoms with Crippen molar-refractivity contribution < 1.29 is 14.3 Å². The standard InChI is InChI=1S/C20H21NO3/c1-20(2,3)24-19(23)21-17-12-8-7-11-15(17)16(18(21)22)13-14-9-5-4-6-10-14/h4-12,16H,13H2,1-3H3. The molecule has 1 aliphatic rings. The first-order valence-electron chi connectivity index (χ1n) is 8.06. The Bertz CT molecular complexity index is 762. The summed E-state index contributed by atoms with van der Waals surface area (Å²) in [6, 6.07) is 17.3. The molecule has 2 amide bonds. The number of fused-ring (bicyclic) bond motifs is 1. The summed E-state index contributed by atoms with van der Waals surface area (Å²) in [5, 5.41) is 0. The van der Waals surface area contributed by atoms with Crippen molar-refractivity contribution in [2.45, 2.75) is 38.7 Å². The third-order valence-electron chi connectivity index (χ3n) is 3.93. The van der Waals surface area contributed by atoms with Crippen LogP contribution in [0.1, 0.15) is 37.8 Å². The van der Waals surface area contributed by atoms with Gasteiger partial charge in [-0.05, 0) is 44.4 Å². The molecule has 1 aliphatic heterocycles. The number of benzene rings is 2. The van der Waals surface area contributed by atoms with Crippen molar-refractivity contribution in [2.75, 3.05) is 4.90 Å². The normalized spacial score (nSPS) is 16.9. The average Bonchev–Trinajstić information content (AvgIpc) is 2.79. The molecule has 0 aliphatic carbocycles. The van der Waals surface area contributed by atoms with Gasteiger partial charge in [-0.3, -0.25) is 4.79 Å². The van der Waals surface area contributed by atoms with Gasteiger partial charge < -0.3 is 4.74 Å². The van der Waals surface area contributed by atoms with E-state index in [-0.39, 0.29) is 11.8 Å². The molecule has 0 radical (unpaired) electrons. The van der Waals surface area contributed by atoms with Crippen LogP contribution < -0.4 is 4.90 Å². The van der Waals surface area contributed by atoms with Gasteiger partial charge in [-0.2, -0.15) is 0 Å². The molecule has 1 atom stereocenters. The summed E-state index contributed by atoms with van der Waals surface area (Å²) in [7, 11) is 0. The third-order valence-corrected chi connectivity index (χ3v) is 3.93. The molecule has 0 N–H and O–H groups in total. The van der Waals surface area contributed by atoms with Gasteiger partial charge in [0.25, 0.3) is 0 Å². The fourth-order valence-electron chi connectivity index (χ4n) is 2.94. The Labute approximate surface area is 142 Å². The quantitative estimate of drug-likeness (QED) is 0.828. The first-order valence-corrected chi connectivity index (χ1v) is 8.06. The zero-order chi connectivity index (χ0) is 17.3. The number of carbonyl (C=O) groups excluding carboxylic acids is 2. The molecule has 0 spiro atoms. The lowest BCUT2D eigenvalue weighted by Crippen LogP contribution is -2.39. The number of hydrogen-bond acceptors (Lipinski definition) is 3. The molecule has 124 valence electrons. The van der Waals surface area contributed by atoms with E-state index in [0.29, 0.717) is 12.1 Å². The summed E-state index contributed by atoms with van der Waals surface area (Å²) in [6.45, 7) is 5.37. The number of imide groups is 1. The van der Waals surface area contributed by atoms with E-state index in [0.717, 1.165) is 11.1 Å². The first-order chi connectivity index (χ1) is 11.4. The first kappa shape index (κ1) is 16.2. The van der Waals surface area contributed by atoms with Crippen LogP contribution in [0.15, 0.2) is 54.6 Å². The van der Waals surface area contributed by atoms with Crippen molar-refractivity contribution in [2.24, 2.45) is 0 Å². The van der Waals surface area contributed by atoms with Crippen LogP contribution in [-0.4, -0.2) is 17.6 Å². The second-order valence-electron chi connectivity index (χ2n) is 6.96. The lowest BCUT2D eigenvalue weighted by Gasteiger charge is -2.24. The maximum Gasteiger partial charge on any atom is 0.421 e. The van der Waals surface area contributed by atoms with Crippen LogP contribution in [-0.2, 0) is 16.0 Å². The highest BCUT2D eigenvalue weighted by molar-refractivity contribution is 6.19. The Morgan fingerprint density at radius 1 is 1.04 bits per heavy atom. The van der Waals surface area contributed by atoms with Gasteiger partial charge in [-0.25, -0.2) is 9.69 Å². The highest BCUT2D eigenvalue weighted by Crippen LogP contribution is 2.39. The highest BCUT2D eigenvalue weighted by Gasteiger charge is 2.42. The topological polar surface area (TPSA) is 46.6 Å². The molecule has 0 saturated carbocycles. The lowest BCUT2D eigenvalue weighted by molar-refractivity contribution is -0.119. The minimum atomic E-state index is -0.649. The predicted octanol–water partition coefficient (Wildman–Crippen LogP) is 4.29. The molecular formula is C20H21NO3. The van der Waals surface area contributed by atoms with Crippen LogP contribution >= 0.6 is 0 Å². The number of amides is 2. The highest BCUT2D eigenvalue weighted by atomic mass is 16.6. The van der Waals surface area contributed by atoms with Crippen molar-refractivity contribution in [1.82, 2.24) is 0 Å². The molecule has 1 unspecified atom stereocenters. The van der Waals surface area contributed by atoms with Gasteiger partial charge in [-0.15, -0.1) is 0 Å². The van der Waals surface area contributed by atoms with E-state index in [2.05, 4.69) is 0 Å². The summed E-state index contributed by atoms with van der Waals surface area (Å²) < 4.78 is 5.41. The minimum absolute atomic E-state index is 0.227. The fourth-order valence-corrected chi connectivity index (χ4v) is 2.94. The smallest absolute Gasteiger partial charge is 0.421 e. The Morgan fingerprint density at radius 3 is 2.33 bits per heavy atom. The lowest BCUT2D eigenvalue weighted by atomic mass is 9.93. The Balaban J connectivity index is 1.93. The average molecular weight is 323 g/mol. The van der Waals surface area contributed by atoms with E-state index in [1.54, 1.807) is 26.8 Å². The summed E-state index contributed by atoms with van der Waals surface area (Å²) in [4.78, 5) is 26.6. The number of carbonyl (C=O) groups is 2. The van der Waals surface area contributed by atoms with E-state index in [9.17, 15) is 9.59 Å². The van der Waals surface area contributed by atoms with Gasteiger partial charge in [0.15, 0.2) is 0 Å². The van der Waals surface area contributed by atoms with Crippen LogP contribution in [0.3, 0.4) is 0 Å². The second-order valence-corrected chi connectivity index (χ2v) is 6.96.